The van der Waals surface area contributed by atoms with E-state index in [2.05, 4.69) is 5.32 Å². The van der Waals surface area contributed by atoms with Crippen LogP contribution in [0, 0.1) is 5.92 Å². The van der Waals surface area contributed by atoms with Crippen LogP contribution in [0.5, 0.6) is 0 Å². The number of nitrogens with zero attached hydrogens (tertiary/aromatic N) is 1. The number of halogens is 1. The summed E-state index contributed by atoms with van der Waals surface area (Å²) in [5.74, 6) is 0.491. The van der Waals surface area contributed by atoms with E-state index in [1.807, 2.05) is 6.92 Å². The molecule has 0 radical (unpaired) electrons. The van der Waals surface area contributed by atoms with Crippen LogP contribution in [0.2, 0.25) is 0 Å². The van der Waals surface area contributed by atoms with Gasteiger partial charge in [0, 0.05) is 26.1 Å². The number of amides is 1. The average molecular weight is 416 g/mol. The summed E-state index contributed by atoms with van der Waals surface area (Å²) in [4.78, 5) is 12.6. The zero-order chi connectivity index (χ0) is 18.8. The number of nitrogens with two attached hydrogens (primary N) is 1. The van der Waals surface area contributed by atoms with E-state index in [0.717, 1.165) is 31.2 Å². The first-order chi connectivity index (χ1) is 12.3. The molecule has 1 aliphatic heterocycles. The summed E-state index contributed by atoms with van der Waals surface area (Å²) in [5.41, 5.74) is 6.50. The summed E-state index contributed by atoms with van der Waals surface area (Å²) in [6.07, 6.45) is 5.06. The molecule has 27 heavy (non-hydrogen) atoms. The third kappa shape index (κ3) is 5.22. The minimum atomic E-state index is -3.38. The van der Waals surface area contributed by atoms with E-state index >= 15 is 0 Å². The standard InChI is InChI=1S/C19H29N3O3S.ClH/c1-19(14-20,16-7-8-16)21-18(23)11-6-15-4-9-17(10-5-15)26(24,25)22-12-2-3-13-22;/h4-5,9-10,16H,2-3,6-8,11-14,20H2,1H3,(H,21,23);1H. The largest absolute Gasteiger partial charge is 0.349 e. The van der Waals surface area contributed by atoms with E-state index in [0.29, 0.717) is 43.3 Å². The van der Waals surface area contributed by atoms with Gasteiger partial charge in [-0.05, 0) is 62.6 Å². The molecule has 1 aliphatic carbocycles. The highest BCUT2D eigenvalue weighted by molar-refractivity contribution is 7.89. The van der Waals surface area contributed by atoms with Gasteiger partial charge >= 0.3 is 0 Å². The first-order valence-electron chi connectivity index (χ1n) is 9.45. The first-order valence-corrected chi connectivity index (χ1v) is 10.9. The highest BCUT2D eigenvalue weighted by Crippen LogP contribution is 2.39. The third-order valence-corrected chi connectivity index (χ3v) is 7.51. The summed E-state index contributed by atoms with van der Waals surface area (Å²) in [6.45, 7) is 3.67. The number of hydrogen-bond donors (Lipinski definition) is 2. The molecule has 1 atom stereocenters. The Bertz CT molecular complexity index is 744. The van der Waals surface area contributed by atoms with Gasteiger partial charge in [-0.15, -0.1) is 12.4 Å². The number of sulfonamides is 1. The van der Waals surface area contributed by atoms with Gasteiger partial charge in [-0.2, -0.15) is 4.31 Å². The Hall–Kier alpha value is -1.15. The van der Waals surface area contributed by atoms with Crippen molar-refractivity contribution >= 4 is 28.3 Å². The van der Waals surface area contributed by atoms with E-state index in [1.54, 1.807) is 28.6 Å². The monoisotopic (exact) mass is 415 g/mol. The molecule has 1 aromatic rings. The molecule has 1 amide bonds. The topological polar surface area (TPSA) is 92.5 Å². The maximum atomic E-state index is 12.5. The second kappa shape index (κ2) is 8.90. The Labute approximate surface area is 168 Å². The molecular weight excluding hydrogens is 386 g/mol. The molecule has 2 fully saturated rings. The molecule has 0 spiro atoms. The van der Waals surface area contributed by atoms with Crippen molar-refractivity contribution in [1.29, 1.82) is 0 Å². The number of hydrogen-bond acceptors (Lipinski definition) is 4. The summed E-state index contributed by atoms with van der Waals surface area (Å²) in [5, 5.41) is 3.08. The number of carbonyl (C=O) groups excluding carboxylic acids is 1. The summed E-state index contributed by atoms with van der Waals surface area (Å²) in [7, 11) is -3.38. The smallest absolute Gasteiger partial charge is 0.243 e. The van der Waals surface area contributed by atoms with Crippen LogP contribution in [0.25, 0.3) is 0 Å². The number of aryl methyl sites for hydroxylation is 1. The van der Waals surface area contributed by atoms with Gasteiger partial charge in [-0.25, -0.2) is 8.42 Å². The van der Waals surface area contributed by atoms with E-state index in [1.165, 1.54) is 0 Å². The highest BCUT2D eigenvalue weighted by atomic mass is 35.5. The normalized spacial score (nSPS) is 19.9. The van der Waals surface area contributed by atoms with E-state index in [4.69, 9.17) is 5.73 Å². The molecule has 0 aromatic heterocycles. The maximum absolute atomic E-state index is 12.5. The lowest BCUT2D eigenvalue weighted by molar-refractivity contribution is -0.123. The lowest BCUT2D eigenvalue weighted by Gasteiger charge is -2.29. The van der Waals surface area contributed by atoms with Crippen LogP contribution in [-0.2, 0) is 21.2 Å². The van der Waals surface area contributed by atoms with E-state index in [9.17, 15) is 13.2 Å². The van der Waals surface area contributed by atoms with Gasteiger partial charge in [0.15, 0.2) is 0 Å². The fourth-order valence-electron chi connectivity index (χ4n) is 3.58. The molecule has 0 bridgehead atoms. The van der Waals surface area contributed by atoms with Crippen LogP contribution in [0.15, 0.2) is 29.2 Å². The van der Waals surface area contributed by atoms with Crippen molar-refractivity contribution in [3.63, 3.8) is 0 Å². The molecule has 6 nitrogen and oxygen atoms in total. The zero-order valence-electron chi connectivity index (χ0n) is 15.8. The molecule has 1 saturated carbocycles. The van der Waals surface area contributed by atoms with Gasteiger partial charge in [0.25, 0.3) is 0 Å². The van der Waals surface area contributed by atoms with Crippen molar-refractivity contribution in [2.75, 3.05) is 19.6 Å². The maximum Gasteiger partial charge on any atom is 0.243 e. The van der Waals surface area contributed by atoms with Gasteiger partial charge < -0.3 is 11.1 Å². The Morgan fingerprint density at radius 3 is 2.33 bits per heavy atom. The summed E-state index contributed by atoms with van der Waals surface area (Å²) >= 11 is 0. The average Bonchev–Trinajstić information content (AvgIpc) is 3.35. The van der Waals surface area contributed by atoms with Crippen LogP contribution < -0.4 is 11.1 Å². The molecule has 3 rings (SSSR count). The Morgan fingerprint density at radius 2 is 1.81 bits per heavy atom. The Balaban J connectivity index is 0.00000261. The Kier molecular flexibility index (Phi) is 7.30. The van der Waals surface area contributed by atoms with Crippen molar-refractivity contribution in [2.24, 2.45) is 11.7 Å². The molecule has 3 N–H and O–H groups in total. The molecule has 1 aromatic carbocycles. The highest BCUT2D eigenvalue weighted by Gasteiger charge is 2.41. The number of rotatable bonds is 8. The fourth-order valence-corrected chi connectivity index (χ4v) is 5.10. The predicted octanol–water partition coefficient (Wildman–Crippen LogP) is 2.07. The minimum absolute atomic E-state index is 0. The molecule has 2 aliphatic rings. The van der Waals surface area contributed by atoms with Gasteiger partial charge in [-0.1, -0.05) is 12.1 Å². The summed E-state index contributed by atoms with van der Waals surface area (Å²) in [6, 6.07) is 6.91. The molecule has 1 saturated heterocycles. The number of carbonyl (C=O) groups is 1. The molecular formula is C19H30ClN3O3S. The van der Waals surface area contributed by atoms with Crippen molar-refractivity contribution in [3.8, 4) is 0 Å². The lowest BCUT2D eigenvalue weighted by atomic mass is 9.95. The quantitative estimate of drug-likeness (QED) is 0.679. The molecule has 8 heteroatoms. The lowest BCUT2D eigenvalue weighted by Crippen LogP contribution is -2.53. The van der Waals surface area contributed by atoms with Crippen LogP contribution in [-0.4, -0.2) is 43.8 Å². The van der Waals surface area contributed by atoms with Crippen molar-refractivity contribution < 1.29 is 13.2 Å². The molecule has 152 valence electrons. The number of nitrogens with one attached hydrogen (secondary N) is 1. The second-order valence-corrected chi connectivity index (χ2v) is 9.64. The van der Waals surface area contributed by atoms with Gasteiger partial charge in [0.05, 0.1) is 10.4 Å². The van der Waals surface area contributed by atoms with E-state index < -0.39 is 10.0 Å². The minimum Gasteiger partial charge on any atom is -0.349 e. The van der Waals surface area contributed by atoms with Crippen molar-refractivity contribution in [2.45, 2.75) is 55.9 Å². The first kappa shape index (κ1) is 22.1. The van der Waals surface area contributed by atoms with Crippen LogP contribution in [0.3, 0.4) is 0 Å². The SMILES string of the molecule is CC(CN)(NC(=O)CCc1ccc(S(=O)(=O)N2CCCC2)cc1)C1CC1.Cl. The van der Waals surface area contributed by atoms with Gasteiger partial charge in [0.2, 0.25) is 15.9 Å². The molecule has 1 unspecified atom stereocenters. The molecule has 1 heterocycles. The number of benzene rings is 1. The third-order valence-electron chi connectivity index (χ3n) is 5.59. The second-order valence-electron chi connectivity index (χ2n) is 7.70. The van der Waals surface area contributed by atoms with Crippen LogP contribution in [0.1, 0.15) is 44.6 Å². The fraction of sp³-hybridized carbons (Fsp3) is 0.632. The van der Waals surface area contributed by atoms with Crippen molar-refractivity contribution in [1.82, 2.24) is 9.62 Å². The van der Waals surface area contributed by atoms with Gasteiger partial charge in [-0.3, -0.25) is 4.79 Å². The van der Waals surface area contributed by atoms with Gasteiger partial charge in [0.1, 0.15) is 0 Å². The van der Waals surface area contributed by atoms with Crippen LogP contribution in [0.4, 0.5) is 0 Å². The Morgan fingerprint density at radius 1 is 1.22 bits per heavy atom. The zero-order valence-corrected chi connectivity index (χ0v) is 17.4. The van der Waals surface area contributed by atoms with Crippen molar-refractivity contribution in [3.05, 3.63) is 29.8 Å². The van der Waals surface area contributed by atoms with Crippen LogP contribution >= 0.6 is 12.4 Å². The van der Waals surface area contributed by atoms with E-state index in [-0.39, 0.29) is 23.9 Å². The summed E-state index contributed by atoms with van der Waals surface area (Å²) < 4.78 is 26.6. The predicted molar refractivity (Wildman–Crippen MR) is 108 cm³/mol.